The van der Waals surface area contributed by atoms with Gasteiger partial charge in [-0.15, -0.1) is 0 Å². The lowest BCUT2D eigenvalue weighted by Gasteiger charge is -2.04. The number of hydrogen-bond donors (Lipinski definition) is 1. The van der Waals surface area contributed by atoms with E-state index >= 15 is 0 Å². The molecule has 3 nitrogen and oxygen atoms in total. The molecule has 1 aliphatic rings. The SMILES string of the molecule is O=C(NCCCC1CC1)c1ccc(Br)nc1. The zero-order chi connectivity index (χ0) is 11.4. The van der Waals surface area contributed by atoms with Gasteiger partial charge in [0.2, 0.25) is 0 Å². The van der Waals surface area contributed by atoms with Gasteiger partial charge >= 0.3 is 0 Å². The zero-order valence-corrected chi connectivity index (χ0v) is 10.7. The minimum absolute atomic E-state index is 0.0317. The van der Waals surface area contributed by atoms with Crippen molar-refractivity contribution < 1.29 is 4.79 Å². The molecule has 1 aliphatic carbocycles. The Balaban J connectivity index is 1.71. The van der Waals surface area contributed by atoms with Crippen molar-refractivity contribution in [1.29, 1.82) is 0 Å². The summed E-state index contributed by atoms with van der Waals surface area (Å²) in [6.07, 6.45) is 6.68. The Bertz CT molecular complexity index is 360. The van der Waals surface area contributed by atoms with Gasteiger partial charge in [0.05, 0.1) is 5.56 Å². The largest absolute Gasteiger partial charge is 0.352 e. The third-order valence-electron chi connectivity index (χ3n) is 2.76. The van der Waals surface area contributed by atoms with Crippen LogP contribution in [0.25, 0.3) is 0 Å². The van der Waals surface area contributed by atoms with Crippen LogP contribution in [0.2, 0.25) is 0 Å². The summed E-state index contributed by atoms with van der Waals surface area (Å²) in [5.74, 6) is 0.905. The van der Waals surface area contributed by atoms with Gasteiger partial charge in [0, 0.05) is 12.7 Å². The van der Waals surface area contributed by atoms with Crippen molar-refractivity contribution in [2.75, 3.05) is 6.54 Å². The van der Waals surface area contributed by atoms with Crippen molar-refractivity contribution in [3.05, 3.63) is 28.5 Å². The molecule has 1 aromatic rings. The normalized spacial score (nSPS) is 14.8. The highest BCUT2D eigenvalue weighted by molar-refractivity contribution is 9.10. The van der Waals surface area contributed by atoms with Gasteiger partial charge in [-0.25, -0.2) is 4.98 Å². The van der Waals surface area contributed by atoms with Crippen molar-refractivity contribution >= 4 is 21.8 Å². The Morgan fingerprint density at radius 1 is 1.50 bits per heavy atom. The first-order chi connectivity index (χ1) is 7.75. The molecule has 0 radical (unpaired) electrons. The molecule has 0 saturated heterocycles. The average molecular weight is 283 g/mol. The number of hydrogen-bond acceptors (Lipinski definition) is 2. The molecule has 1 N–H and O–H groups in total. The molecule has 2 rings (SSSR count). The number of carbonyl (C=O) groups excluding carboxylic acids is 1. The highest BCUT2D eigenvalue weighted by Gasteiger charge is 2.20. The van der Waals surface area contributed by atoms with Crippen LogP contribution in [0.15, 0.2) is 22.9 Å². The molecule has 1 aromatic heterocycles. The Labute approximate surface area is 104 Å². The molecule has 1 saturated carbocycles. The van der Waals surface area contributed by atoms with Crippen molar-refractivity contribution in [2.24, 2.45) is 5.92 Å². The quantitative estimate of drug-likeness (QED) is 0.667. The van der Waals surface area contributed by atoms with Crippen LogP contribution in [0.1, 0.15) is 36.0 Å². The Kier molecular flexibility index (Phi) is 3.93. The van der Waals surface area contributed by atoms with Gasteiger partial charge in [0.25, 0.3) is 5.91 Å². The van der Waals surface area contributed by atoms with Gasteiger partial charge in [-0.2, -0.15) is 0 Å². The fourth-order valence-corrected chi connectivity index (χ4v) is 1.85. The molecule has 1 amide bonds. The number of nitrogens with zero attached hydrogens (tertiary/aromatic N) is 1. The number of pyridine rings is 1. The van der Waals surface area contributed by atoms with Gasteiger partial charge in [-0.05, 0) is 46.8 Å². The fraction of sp³-hybridized carbons (Fsp3) is 0.500. The lowest BCUT2D eigenvalue weighted by atomic mass is 10.2. The zero-order valence-electron chi connectivity index (χ0n) is 9.08. The summed E-state index contributed by atoms with van der Waals surface area (Å²) < 4.78 is 0.748. The van der Waals surface area contributed by atoms with Crippen LogP contribution in [0.4, 0.5) is 0 Å². The van der Waals surface area contributed by atoms with Crippen LogP contribution in [0.3, 0.4) is 0 Å². The molecular formula is C12H15BrN2O. The molecule has 86 valence electrons. The van der Waals surface area contributed by atoms with Crippen molar-refractivity contribution in [1.82, 2.24) is 10.3 Å². The van der Waals surface area contributed by atoms with Crippen molar-refractivity contribution in [3.8, 4) is 0 Å². The Hall–Kier alpha value is -0.900. The summed E-state index contributed by atoms with van der Waals surface area (Å²) in [6, 6.07) is 3.55. The summed E-state index contributed by atoms with van der Waals surface area (Å²) in [7, 11) is 0. The van der Waals surface area contributed by atoms with Crippen LogP contribution in [-0.4, -0.2) is 17.4 Å². The Morgan fingerprint density at radius 3 is 2.94 bits per heavy atom. The number of rotatable bonds is 5. The van der Waals surface area contributed by atoms with Crippen LogP contribution in [0, 0.1) is 5.92 Å². The second-order valence-corrected chi connectivity index (χ2v) is 5.02. The van der Waals surface area contributed by atoms with E-state index in [2.05, 4.69) is 26.2 Å². The first-order valence-corrected chi connectivity index (χ1v) is 6.45. The van der Waals surface area contributed by atoms with E-state index in [0.29, 0.717) is 5.56 Å². The van der Waals surface area contributed by atoms with E-state index in [4.69, 9.17) is 0 Å². The van der Waals surface area contributed by atoms with Gasteiger partial charge in [0.15, 0.2) is 0 Å². The number of carbonyl (C=O) groups is 1. The van der Waals surface area contributed by atoms with E-state index < -0.39 is 0 Å². The maximum Gasteiger partial charge on any atom is 0.252 e. The highest BCUT2D eigenvalue weighted by atomic mass is 79.9. The molecule has 0 bridgehead atoms. The third kappa shape index (κ3) is 3.59. The van der Waals surface area contributed by atoms with Crippen LogP contribution in [-0.2, 0) is 0 Å². The highest BCUT2D eigenvalue weighted by Crippen LogP contribution is 2.33. The molecule has 0 unspecified atom stereocenters. The van der Waals surface area contributed by atoms with E-state index in [0.717, 1.165) is 23.5 Å². The number of aromatic nitrogens is 1. The van der Waals surface area contributed by atoms with Crippen molar-refractivity contribution in [2.45, 2.75) is 25.7 Å². The van der Waals surface area contributed by atoms with Crippen molar-refractivity contribution in [3.63, 3.8) is 0 Å². The van der Waals surface area contributed by atoms with Crippen LogP contribution < -0.4 is 5.32 Å². The minimum atomic E-state index is -0.0317. The predicted molar refractivity (Wildman–Crippen MR) is 66.2 cm³/mol. The maximum absolute atomic E-state index is 11.6. The molecule has 0 aliphatic heterocycles. The fourth-order valence-electron chi connectivity index (χ4n) is 1.61. The first-order valence-electron chi connectivity index (χ1n) is 5.65. The van der Waals surface area contributed by atoms with Gasteiger partial charge < -0.3 is 5.32 Å². The lowest BCUT2D eigenvalue weighted by molar-refractivity contribution is 0.0952. The smallest absolute Gasteiger partial charge is 0.252 e. The van der Waals surface area contributed by atoms with Crippen LogP contribution >= 0.6 is 15.9 Å². The summed E-state index contributed by atoms with van der Waals surface area (Å²) >= 11 is 3.24. The predicted octanol–water partition coefficient (Wildman–Crippen LogP) is 2.76. The summed E-state index contributed by atoms with van der Waals surface area (Å²) in [4.78, 5) is 15.7. The monoisotopic (exact) mass is 282 g/mol. The van der Waals surface area contributed by atoms with E-state index in [1.807, 2.05) is 0 Å². The van der Waals surface area contributed by atoms with E-state index in [-0.39, 0.29) is 5.91 Å². The lowest BCUT2D eigenvalue weighted by Crippen LogP contribution is -2.24. The first kappa shape index (κ1) is 11.6. The summed E-state index contributed by atoms with van der Waals surface area (Å²) in [5, 5.41) is 2.91. The maximum atomic E-state index is 11.6. The van der Waals surface area contributed by atoms with Crippen LogP contribution in [0.5, 0.6) is 0 Å². The topological polar surface area (TPSA) is 42.0 Å². The van der Waals surface area contributed by atoms with Gasteiger partial charge in [-0.1, -0.05) is 12.8 Å². The molecule has 0 atom stereocenters. The molecule has 1 fully saturated rings. The molecule has 4 heteroatoms. The van der Waals surface area contributed by atoms with Gasteiger partial charge in [0.1, 0.15) is 4.60 Å². The third-order valence-corrected chi connectivity index (χ3v) is 3.23. The Morgan fingerprint density at radius 2 is 2.31 bits per heavy atom. The molecular weight excluding hydrogens is 268 g/mol. The number of halogens is 1. The molecule has 1 heterocycles. The molecule has 0 spiro atoms. The molecule has 0 aromatic carbocycles. The average Bonchev–Trinajstić information content (AvgIpc) is 3.09. The molecule has 16 heavy (non-hydrogen) atoms. The second-order valence-electron chi connectivity index (χ2n) is 4.21. The van der Waals surface area contributed by atoms with E-state index in [1.165, 1.54) is 19.3 Å². The van der Waals surface area contributed by atoms with E-state index in [1.54, 1.807) is 18.3 Å². The number of nitrogens with one attached hydrogen (secondary N) is 1. The second kappa shape index (κ2) is 5.43. The minimum Gasteiger partial charge on any atom is -0.352 e. The van der Waals surface area contributed by atoms with E-state index in [9.17, 15) is 4.79 Å². The summed E-state index contributed by atoms with van der Waals surface area (Å²) in [5.41, 5.74) is 0.620. The standard InChI is InChI=1S/C12H15BrN2O/c13-11-6-5-10(8-15-11)12(16)14-7-1-2-9-3-4-9/h5-6,8-9H,1-4,7H2,(H,14,16). The summed E-state index contributed by atoms with van der Waals surface area (Å²) in [6.45, 7) is 0.769. The number of amides is 1. The van der Waals surface area contributed by atoms with Gasteiger partial charge in [-0.3, -0.25) is 4.79 Å².